The van der Waals surface area contributed by atoms with Gasteiger partial charge in [0.2, 0.25) is 0 Å². The minimum atomic E-state index is -0.287. The average molecular weight is 477 g/mol. The monoisotopic (exact) mass is 476 g/mol. The maximum absolute atomic E-state index is 13.4. The van der Waals surface area contributed by atoms with Crippen LogP contribution in [0.2, 0.25) is 0 Å². The fourth-order valence-electron chi connectivity index (χ4n) is 4.35. The number of rotatable bonds is 7. The molecule has 2 aromatic heterocycles. The SMILES string of the molecule is COc1ccc(-n2c(N)c(C(=O)NCCN3CCOCC3)c3nc4ccccc4nc32)cc1OC. The zero-order valence-corrected chi connectivity index (χ0v) is 19.8. The van der Waals surface area contributed by atoms with Gasteiger partial charge >= 0.3 is 0 Å². The van der Waals surface area contributed by atoms with Crippen LogP contribution in [0, 0.1) is 0 Å². The molecule has 0 unspecified atom stereocenters. The molecule has 0 aliphatic carbocycles. The number of hydrogen-bond acceptors (Lipinski definition) is 8. The molecule has 5 rings (SSSR count). The number of aromatic nitrogens is 3. The molecule has 182 valence electrons. The summed E-state index contributed by atoms with van der Waals surface area (Å²) in [5.41, 5.74) is 9.93. The van der Waals surface area contributed by atoms with Crippen molar-refractivity contribution in [3.05, 3.63) is 48.0 Å². The first kappa shape index (κ1) is 22.9. The number of nitrogen functional groups attached to an aromatic ring is 1. The number of para-hydroxylation sites is 2. The van der Waals surface area contributed by atoms with Crippen LogP contribution in [0.25, 0.3) is 27.9 Å². The van der Waals surface area contributed by atoms with Crippen LogP contribution in [0.4, 0.5) is 5.82 Å². The molecule has 10 heteroatoms. The Bertz CT molecular complexity index is 1380. The number of anilines is 1. The molecule has 1 aliphatic rings. The van der Waals surface area contributed by atoms with E-state index in [1.807, 2.05) is 30.3 Å². The van der Waals surface area contributed by atoms with E-state index in [2.05, 4.69) is 10.2 Å². The van der Waals surface area contributed by atoms with Gasteiger partial charge in [-0.25, -0.2) is 9.97 Å². The Morgan fingerprint density at radius 3 is 2.49 bits per heavy atom. The minimum absolute atomic E-state index is 0.256. The van der Waals surface area contributed by atoms with Crippen molar-refractivity contribution in [1.29, 1.82) is 0 Å². The van der Waals surface area contributed by atoms with Crippen molar-refractivity contribution in [2.45, 2.75) is 0 Å². The third-order valence-corrected chi connectivity index (χ3v) is 6.17. The largest absolute Gasteiger partial charge is 0.493 e. The number of nitrogens with one attached hydrogen (secondary N) is 1. The summed E-state index contributed by atoms with van der Waals surface area (Å²) >= 11 is 0. The van der Waals surface area contributed by atoms with E-state index in [9.17, 15) is 4.79 Å². The van der Waals surface area contributed by atoms with E-state index < -0.39 is 0 Å². The van der Waals surface area contributed by atoms with Crippen LogP contribution in [0.5, 0.6) is 11.5 Å². The molecule has 1 saturated heterocycles. The zero-order valence-electron chi connectivity index (χ0n) is 19.8. The van der Waals surface area contributed by atoms with Gasteiger partial charge in [-0.3, -0.25) is 14.3 Å². The highest BCUT2D eigenvalue weighted by Crippen LogP contribution is 2.35. The van der Waals surface area contributed by atoms with Gasteiger partial charge in [0.15, 0.2) is 17.1 Å². The topological polar surface area (TPSA) is 117 Å². The van der Waals surface area contributed by atoms with E-state index in [1.165, 1.54) is 0 Å². The van der Waals surface area contributed by atoms with Crippen molar-refractivity contribution >= 4 is 33.9 Å². The Kier molecular flexibility index (Phi) is 6.39. The summed E-state index contributed by atoms with van der Waals surface area (Å²) < 4.78 is 18.0. The predicted molar refractivity (Wildman–Crippen MR) is 133 cm³/mol. The molecule has 1 aliphatic heterocycles. The quantitative estimate of drug-likeness (QED) is 0.417. The van der Waals surface area contributed by atoms with Crippen LogP contribution >= 0.6 is 0 Å². The van der Waals surface area contributed by atoms with Gasteiger partial charge in [0.05, 0.1) is 44.2 Å². The Balaban J connectivity index is 1.57. The first-order chi connectivity index (χ1) is 17.1. The van der Waals surface area contributed by atoms with Gasteiger partial charge in [0.1, 0.15) is 16.9 Å². The highest BCUT2D eigenvalue weighted by atomic mass is 16.5. The Labute approximate surface area is 202 Å². The highest BCUT2D eigenvalue weighted by Gasteiger charge is 2.25. The van der Waals surface area contributed by atoms with Crippen molar-refractivity contribution in [2.24, 2.45) is 0 Å². The molecule has 35 heavy (non-hydrogen) atoms. The summed E-state index contributed by atoms with van der Waals surface area (Å²) in [6, 6.07) is 13.0. The number of carbonyl (C=O) groups excluding carboxylic acids is 1. The number of amides is 1. The summed E-state index contributed by atoms with van der Waals surface area (Å²) in [7, 11) is 3.15. The first-order valence-electron chi connectivity index (χ1n) is 11.5. The van der Waals surface area contributed by atoms with Gasteiger partial charge in [-0.1, -0.05) is 12.1 Å². The Morgan fingerprint density at radius 2 is 1.77 bits per heavy atom. The zero-order chi connectivity index (χ0) is 24.4. The van der Waals surface area contributed by atoms with Gasteiger partial charge in [-0.2, -0.15) is 0 Å². The molecule has 2 aromatic carbocycles. The highest BCUT2D eigenvalue weighted by molar-refractivity contribution is 6.11. The number of fused-ring (bicyclic) bond motifs is 2. The molecule has 0 radical (unpaired) electrons. The second-order valence-electron chi connectivity index (χ2n) is 8.23. The van der Waals surface area contributed by atoms with Gasteiger partial charge in [-0.05, 0) is 24.3 Å². The number of ether oxygens (including phenoxy) is 3. The second-order valence-corrected chi connectivity index (χ2v) is 8.23. The van der Waals surface area contributed by atoms with Crippen LogP contribution in [-0.4, -0.2) is 79.0 Å². The summed E-state index contributed by atoms with van der Waals surface area (Å²) in [6.45, 7) is 4.35. The maximum Gasteiger partial charge on any atom is 0.257 e. The molecule has 0 atom stereocenters. The molecule has 3 N–H and O–H groups in total. The van der Waals surface area contributed by atoms with E-state index >= 15 is 0 Å². The number of carbonyl (C=O) groups is 1. The average Bonchev–Trinajstić information content (AvgIpc) is 3.17. The number of nitrogens with zero attached hydrogens (tertiary/aromatic N) is 4. The molecule has 0 bridgehead atoms. The lowest BCUT2D eigenvalue weighted by Crippen LogP contribution is -2.41. The van der Waals surface area contributed by atoms with Crippen LogP contribution in [0.15, 0.2) is 42.5 Å². The lowest BCUT2D eigenvalue weighted by atomic mass is 10.2. The molecule has 10 nitrogen and oxygen atoms in total. The summed E-state index contributed by atoms with van der Waals surface area (Å²) in [4.78, 5) is 25.2. The molecular formula is C25H28N6O4. The number of methoxy groups -OCH3 is 2. The molecule has 1 fully saturated rings. The lowest BCUT2D eigenvalue weighted by molar-refractivity contribution is 0.0383. The lowest BCUT2D eigenvalue weighted by Gasteiger charge is -2.26. The standard InChI is InChI=1S/C25H28N6O4/c1-33-19-8-7-16(15-20(19)34-2)31-23(26)21(25(32)27-9-10-30-11-13-35-14-12-30)22-24(31)29-18-6-4-3-5-17(18)28-22/h3-8,15H,9-14,26H2,1-2H3,(H,27,32). The minimum Gasteiger partial charge on any atom is -0.493 e. The molecule has 1 amide bonds. The van der Waals surface area contributed by atoms with Gasteiger partial charge < -0.3 is 25.3 Å². The summed E-state index contributed by atoms with van der Waals surface area (Å²) in [6.07, 6.45) is 0. The van der Waals surface area contributed by atoms with E-state index in [-0.39, 0.29) is 11.7 Å². The van der Waals surface area contributed by atoms with Gasteiger partial charge in [0.25, 0.3) is 5.91 Å². The molecular weight excluding hydrogens is 448 g/mol. The number of nitrogens with two attached hydrogens (primary N) is 1. The summed E-state index contributed by atoms with van der Waals surface area (Å²) in [5, 5.41) is 3.01. The third kappa shape index (κ3) is 4.33. The Morgan fingerprint density at radius 1 is 1.06 bits per heavy atom. The second kappa shape index (κ2) is 9.77. The third-order valence-electron chi connectivity index (χ3n) is 6.17. The number of benzene rings is 2. The maximum atomic E-state index is 13.4. The Hall–Kier alpha value is -3.89. The molecule has 0 spiro atoms. The van der Waals surface area contributed by atoms with Crippen molar-refractivity contribution in [3.8, 4) is 17.2 Å². The molecule has 0 saturated carbocycles. The molecule has 3 heterocycles. The normalized spacial score (nSPS) is 14.3. The number of hydrogen-bond donors (Lipinski definition) is 2. The summed E-state index contributed by atoms with van der Waals surface area (Å²) in [5.74, 6) is 1.09. The predicted octanol–water partition coefficient (Wildman–Crippen LogP) is 2.24. The fraction of sp³-hybridized carbons (Fsp3) is 0.320. The smallest absolute Gasteiger partial charge is 0.257 e. The molecule has 4 aromatic rings. The first-order valence-corrected chi connectivity index (χ1v) is 11.5. The van der Waals surface area contributed by atoms with Gasteiger partial charge in [-0.15, -0.1) is 0 Å². The van der Waals surface area contributed by atoms with Crippen molar-refractivity contribution in [1.82, 2.24) is 24.8 Å². The van der Waals surface area contributed by atoms with E-state index in [4.69, 9.17) is 29.9 Å². The van der Waals surface area contributed by atoms with Crippen molar-refractivity contribution < 1.29 is 19.0 Å². The van der Waals surface area contributed by atoms with E-state index in [0.717, 1.165) is 19.6 Å². The van der Waals surface area contributed by atoms with E-state index in [0.29, 0.717) is 64.7 Å². The van der Waals surface area contributed by atoms with Crippen molar-refractivity contribution in [3.63, 3.8) is 0 Å². The van der Waals surface area contributed by atoms with Crippen molar-refractivity contribution in [2.75, 3.05) is 59.3 Å². The van der Waals surface area contributed by atoms with E-state index in [1.54, 1.807) is 30.9 Å². The van der Waals surface area contributed by atoms with Crippen LogP contribution in [-0.2, 0) is 4.74 Å². The van der Waals surface area contributed by atoms with Crippen LogP contribution in [0.3, 0.4) is 0 Å². The van der Waals surface area contributed by atoms with Crippen LogP contribution < -0.4 is 20.5 Å². The fourth-order valence-corrected chi connectivity index (χ4v) is 4.35. The van der Waals surface area contributed by atoms with Gasteiger partial charge in [0, 0.05) is 32.2 Å². The number of morpholine rings is 1. The van der Waals surface area contributed by atoms with Crippen LogP contribution in [0.1, 0.15) is 10.4 Å².